The van der Waals surface area contributed by atoms with Crippen molar-refractivity contribution < 1.29 is 4.79 Å². The maximum Gasteiger partial charge on any atom is 0.244 e. The highest BCUT2D eigenvalue weighted by atomic mass is 16.2. The van der Waals surface area contributed by atoms with Crippen LogP contribution in [0.15, 0.2) is 24.5 Å². The summed E-state index contributed by atoms with van der Waals surface area (Å²) in [6, 6.07) is 4.27. The van der Waals surface area contributed by atoms with E-state index in [0.717, 1.165) is 30.8 Å². The fourth-order valence-electron chi connectivity index (χ4n) is 3.83. The first kappa shape index (κ1) is 17.7. The van der Waals surface area contributed by atoms with Crippen LogP contribution in [-0.4, -0.2) is 28.3 Å². The summed E-state index contributed by atoms with van der Waals surface area (Å²) >= 11 is 0. The van der Waals surface area contributed by atoms with Crippen molar-refractivity contribution in [1.29, 1.82) is 0 Å². The van der Waals surface area contributed by atoms with Gasteiger partial charge < -0.3 is 4.90 Å². The third kappa shape index (κ3) is 3.47. The highest BCUT2D eigenvalue weighted by Gasteiger charge is 2.34. The van der Waals surface area contributed by atoms with E-state index in [-0.39, 0.29) is 18.0 Å². The van der Waals surface area contributed by atoms with Gasteiger partial charge in [0.15, 0.2) is 0 Å². The monoisotopic (exact) mass is 340 g/mol. The topological polar surface area (TPSA) is 50.2 Å². The van der Waals surface area contributed by atoms with Gasteiger partial charge in [-0.05, 0) is 52.2 Å². The van der Waals surface area contributed by atoms with E-state index in [2.05, 4.69) is 57.2 Å². The van der Waals surface area contributed by atoms with Crippen molar-refractivity contribution >= 4 is 11.6 Å². The summed E-state index contributed by atoms with van der Waals surface area (Å²) in [5, 5.41) is 7.81. The molecule has 0 saturated carbocycles. The van der Waals surface area contributed by atoms with Crippen LogP contribution < -0.4 is 10.2 Å². The molecule has 3 rings (SSSR count). The van der Waals surface area contributed by atoms with Crippen LogP contribution in [0.2, 0.25) is 0 Å². The predicted octanol–water partition coefficient (Wildman–Crippen LogP) is 3.28. The molecule has 2 aromatic rings. The first-order chi connectivity index (χ1) is 11.9. The van der Waals surface area contributed by atoms with Crippen molar-refractivity contribution in [1.82, 2.24) is 15.1 Å². The molecule has 0 aliphatic carbocycles. The van der Waals surface area contributed by atoms with Crippen molar-refractivity contribution in [3.05, 3.63) is 46.8 Å². The van der Waals surface area contributed by atoms with Crippen LogP contribution in [0.25, 0.3) is 0 Å². The van der Waals surface area contributed by atoms with Gasteiger partial charge in [0.05, 0.1) is 12.2 Å². The van der Waals surface area contributed by atoms with E-state index in [1.165, 1.54) is 16.7 Å². The van der Waals surface area contributed by atoms with Gasteiger partial charge in [-0.2, -0.15) is 5.10 Å². The molecule has 25 heavy (non-hydrogen) atoms. The van der Waals surface area contributed by atoms with Crippen molar-refractivity contribution in [2.45, 2.75) is 59.7 Å². The first-order valence-corrected chi connectivity index (χ1v) is 9.08. The summed E-state index contributed by atoms with van der Waals surface area (Å²) in [6.45, 7) is 12.1. The number of rotatable bonds is 5. The maximum atomic E-state index is 13.0. The zero-order chi connectivity index (χ0) is 18.1. The summed E-state index contributed by atoms with van der Waals surface area (Å²) in [6.07, 6.45) is 4.76. The summed E-state index contributed by atoms with van der Waals surface area (Å²) < 4.78 is 1.91. The highest BCUT2D eigenvalue weighted by molar-refractivity contribution is 6.00. The van der Waals surface area contributed by atoms with Crippen LogP contribution in [-0.2, 0) is 11.3 Å². The lowest BCUT2D eigenvalue weighted by Crippen LogP contribution is -2.39. The molecule has 134 valence electrons. The lowest BCUT2D eigenvalue weighted by atomic mass is 10.0. The van der Waals surface area contributed by atoms with Gasteiger partial charge in [0.1, 0.15) is 0 Å². The number of hydrogen-bond donors (Lipinski definition) is 1. The van der Waals surface area contributed by atoms with Crippen LogP contribution >= 0.6 is 0 Å². The average Bonchev–Trinajstić information content (AvgIpc) is 3.16. The number of anilines is 1. The lowest BCUT2D eigenvalue weighted by molar-refractivity contribution is -0.119. The van der Waals surface area contributed by atoms with E-state index in [9.17, 15) is 4.79 Å². The van der Waals surface area contributed by atoms with Crippen LogP contribution in [0.1, 0.15) is 48.6 Å². The third-order valence-electron chi connectivity index (χ3n) is 5.04. The Morgan fingerprint density at radius 2 is 1.96 bits per heavy atom. The second kappa shape index (κ2) is 7.00. The molecule has 1 saturated heterocycles. The second-order valence-electron chi connectivity index (χ2n) is 7.10. The summed E-state index contributed by atoms with van der Waals surface area (Å²) in [5.41, 5.74) is 5.77. The molecule has 2 heterocycles. The van der Waals surface area contributed by atoms with Gasteiger partial charge in [0.2, 0.25) is 5.91 Å². The molecule has 2 atom stereocenters. The average molecular weight is 340 g/mol. The summed E-state index contributed by atoms with van der Waals surface area (Å²) in [4.78, 5) is 14.9. The van der Waals surface area contributed by atoms with Gasteiger partial charge >= 0.3 is 0 Å². The molecule has 1 aliphatic heterocycles. The van der Waals surface area contributed by atoms with E-state index >= 15 is 0 Å². The number of nitrogens with one attached hydrogen (secondary N) is 1. The lowest BCUT2D eigenvalue weighted by Gasteiger charge is -2.23. The molecule has 1 aromatic heterocycles. The number of nitrogens with zero attached hydrogens (tertiary/aromatic N) is 3. The largest absolute Gasteiger partial charge is 0.310 e. The van der Waals surface area contributed by atoms with Gasteiger partial charge in [-0.1, -0.05) is 17.7 Å². The Bertz CT molecular complexity index is 757. The number of carbonyl (C=O) groups excluding carboxylic acids is 1. The van der Waals surface area contributed by atoms with Crippen molar-refractivity contribution in [3.63, 3.8) is 0 Å². The molecule has 0 spiro atoms. The smallest absolute Gasteiger partial charge is 0.244 e. The number of benzene rings is 1. The normalized spacial score (nSPS) is 18.8. The Kier molecular flexibility index (Phi) is 4.95. The number of aryl methyl sites for hydroxylation is 4. The third-order valence-corrected chi connectivity index (χ3v) is 5.04. The Hall–Kier alpha value is -2.14. The summed E-state index contributed by atoms with van der Waals surface area (Å²) in [7, 11) is 0. The van der Waals surface area contributed by atoms with Gasteiger partial charge in [-0.15, -0.1) is 0 Å². The van der Waals surface area contributed by atoms with Crippen molar-refractivity contribution in [2.75, 3.05) is 11.4 Å². The van der Waals surface area contributed by atoms with Crippen LogP contribution in [0.5, 0.6) is 0 Å². The molecule has 0 unspecified atom stereocenters. The van der Waals surface area contributed by atoms with E-state index < -0.39 is 0 Å². The molecule has 1 aliphatic rings. The number of carbonyl (C=O) groups is 1. The minimum Gasteiger partial charge on any atom is -0.310 e. The maximum absolute atomic E-state index is 13.0. The second-order valence-corrected chi connectivity index (χ2v) is 7.10. The highest BCUT2D eigenvalue weighted by Crippen LogP contribution is 2.30. The molecule has 0 bridgehead atoms. The van der Waals surface area contributed by atoms with Gasteiger partial charge in [0, 0.05) is 36.6 Å². The molecule has 0 radical (unpaired) electrons. The van der Waals surface area contributed by atoms with Gasteiger partial charge in [-0.25, -0.2) is 0 Å². The number of amides is 1. The first-order valence-electron chi connectivity index (χ1n) is 9.08. The van der Waals surface area contributed by atoms with E-state index in [1.807, 2.05) is 22.0 Å². The Balaban J connectivity index is 1.74. The fraction of sp³-hybridized carbons (Fsp3) is 0.500. The molecular weight excluding hydrogens is 312 g/mol. The van der Waals surface area contributed by atoms with Crippen LogP contribution in [0.4, 0.5) is 5.69 Å². The molecule has 1 aromatic carbocycles. The molecular formula is C20H28N4O. The van der Waals surface area contributed by atoms with Crippen molar-refractivity contribution in [3.8, 4) is 0 Å². The quantitative estimate of drug-likeness (QED) is 0.909. The van der Waals surface area contributed by atoms with Gasteiger partial charge in [-0.3, -0.25) is 14.8 Å². The zero-order valence-corrected chi connectivity index (χ0v) is 15.8. The number of aromatic nitrogens is 2. The van der Waals surface area contributed by atoms with E-state index in [0.29, 0.717) is 0 Å². The fourth-order valence-corrected chi connectivity index (χ4v) is 3.83. The van der Waals surface area contributed by atoms with E-state index in [4.69, 9.17) is 0 Å². The van der Waals surface area contributed by atoms with E-state index in [1.54, 1.807) is 0 Å². The number of hydrogen-bond acceptors (Lipinski definition) is 3. The standard InChI is InChI=1S/C20H28N4O/c1-6-23-12-17(11-21-23)16(5)22-18-7-8-24(20(18)25)19-14(3)9-13(2)10-15(19)4/h9-12,16,18,22H,6-8H2,1-5H3/t16-,18+/m0/s1. The van der Waals surface area contributed by atoms with Gasteiger partial charge in [0.25, 0.3) is 0 Å². The minimum absolute atomic E-state index is 0.106. The van der Waals surface area contributed by atoms with Crippen LogP contribution in [0, 0.1) is 20.8 Å². The molecule has 1 N–H and O–H groups in total. The molecule has 5 heteroatoms. The molecule has 1 fully saturated rings. The van der Waals surface area contributed by atoms with Crippen LogP contribution in [0.3, 0.4) is 0 Å². The Morgan fingerprint density at radius 1 is 1.28 bits per heavy atom. The SMILES string of the molecule is CCn1cc([C@H](C)N[C@@H]2CCN(c3c(C)cc(C)cc3C)C2=O)cn1. The van der Waals surface area contributed by atoms with Crippen molar-refractivity contribution in [2.24, 2.45) is 0 Å². The molecule has 5 nitrogen and oxygen atoms in total. The zero-order valence-electron chi connectivity index (χ0n) is 15.8. The molecule has 1 amide bonds. The minimum atomic E-state index is -0.139. The summed E-state index contributed by atoms with van der Waals surface area (Å²) in [5.74, 6) is 0.171. The Labute approximate surface area is 150 Å². The predicted molar refractivity (Wildman–Crippen MR) is 101 cm³/mol. The Morgan fingerprint density at radius 3 is 2.56 bits per heavy atom.